The lowest BCUT2D eigenvalue weighted by Gasteiger charge is -2.61. The standard InChI is InChI=1S/C30H55N.H2/c1-20(2)9-8-10-22(5)26-13-14-27-25-12-11-23-19-24(31-21(3)4)15-17-29(23,6)28(25)16-18-30(26,27)7;/h20-28,31H,8-19H2,1-7H3;1H. The highest BCUT2D eigenvalue weighted by Crippen LogP contribution is 2.68. The average Bonchev–Trinajstić information content (AvgIpc) is 3.05. The van der Waals surface area contributed by atoms with Crippen molar-refractivity contribution in [3.8, 4) is 0 Å². The SMILES string of the molecule is CC(C)CCCC(C)C1CCC2C3CCC4CC(NC(C)C)CCC4(C)C3CCC12C.[HH]. The van der Waals surface area contributed by atoms with E-state index in [1.165, 1.54) is 57.8 Å². The Labute approximate surface area is 196 Å². The van der Waals surface area contributed by atoms with Crippen molar-refractivity contribution in [2.45, 2.75) is 138 Å². The van der Waals surface area contributed by atoms with E-state index in [1.807, 2.05) is 0 Å². The van der Waals surface area contributed by atoms with Gasteiger partial charge in [-0.3, -0.25) is 0 Å². The molecule has 0 aromatic rings. The second kappa shape index (κ2) is 9.31. The molecule has 1 heteroatoms. The van der Waals surface area contributed by atoms with Gasteiger partial charge in [-0.25, -0.2) is 0 Å². The van der Waals surface area contributed by atoms with Crippen molar-refractivity contribution in [3.63, 3.8) is 0 Å². The normalized spacial score (nSPS) is 46.0. The zero-order valence-electron chi connectivity index (χ0n) is 22.2. The lowest BCUT2D eigenvalue weighted by molar-refractivity contribution is -0.118. The summed E-state index contributed by atoms with van der Waals surface area (Å²) in [7, 11) is 0. The van der Waals surface area contributed by atoms with Crippen LogP contribution in [0.5, 0.6) is 0 Å². The van der Waals surface area contributed by atoms with Crippen LogP contribution in [0.15, 0.2) is 0 Å². The highest BCUT2D eigenvalue weighted by atomic mass is 14.9. The van der Waals surface area contributed by atoms with Gasteiger partial charge in [0.25, 0.3) is 0 Å². The quantitative estimate of drug-likeness (QED) is 0.425. The summed E-state index contributed by atoms with van der Waals surface area (Å²) in [5, 5.41) is 3.89. The molecule has 0 spiro atoms. The van der Waals surface area contributed by atoms with E-state index in [0.29, 0.717) is 16.9 Å². The molecule has 0 aromatic heterocycles. The number of nitrogens with one attached hydrogen (secondary N) is 1. The van der Waals surface area contributed by atoms with E-state index in [2.05, 4.69) is 53.8 Å². The molecule has 0 aromatic carbocycles. The fourth-order valence-corrected chi connectivity index (χ4v) is 9.91. The molecule has 0 aliphatic heterocycles. The molecule has 4 saturated carbocycles. The van der Waals surface area contributed by atoms with E-state index in [4.69, 9.17) is 0 Å². The van der Waals surface area contributed by atoms with Crippen molar-refractivity contribution >= 4 is 0 Å². The van der Waals surface area contributed by atoms with Gasteiger partial charge >= 0.3 is 0 Å². The van der Waals surface area contributed by atoms with E-state index in [-0.39, 0.29) is 1.43 Å². The van der Waals surface area contributed by atoms with Crippen molar-refractivity contribution in [2.24, 2.45) is 52.3 Å². The Morgan fingerprint density at radius 2 is 1.52 bits per heavy atom. The first-order chi connectivity index (χ1) is 14.6. The third-order valence-corrected chi connectivity index (χ3v) is 11.4. The van der Waals surface area contributed by atoms with Crippen LogP contribution in [0.2, 0.25) is 0 Å². The molecule has 4 aliphatic rings. The predicted molar refractivity (Wildman–Crippen MR) is 137 cm³/mol. The topological polar surface area (TPSA) is 12.0 Å². The van der Waals surface area contributed by atoms with Crippen LogP contribution < -0.4 is 5.32 Å². The summed E-state index contributed by atoms with van der Waals surface area (Å²) in [4.78, 5) is 0. The van der Waals surface area contributed by atoms with Gasteiger partial charge in [0.2, 0.25) is 0 Å². The summed E-state index contributed by atoms with van der Waals surface area (Å²) < 4.78 is 0. The van der Waals surface area contributed by atoms with Crippen LogP contribution in [0.25, 0.3) is 0 Å². The van der Waals surface area contributed by atoms with E-state index in [1.54, 1.807) is 19.3 Å². The Hall–Kier alpha value is -0.0400. The van der Waals surface area contributed by atoms with Gasteiger partial charge in [-0.1, -0.05) is 67.7 Å². The highest BCUT2D eigenvalue weighted by Gasteiger charge is 2.60. The maximum absolute atomic E-state index is 3.89. The molecule has 4 fully saturated rings. The molecule has 1 N–H and O–H groups in total. The smallest absolute Gasteiger partial charge is 0.00724 e. The summed E-state index contributed by atoms with van der Waals surface area (Å²) in [5.41, 5.74) is 1.29. The Morgan fingerprint density at radius 1 is 0.806 bits per heavy atom. The van der Waals surface area contributed by atoms with Gasteiger partial charge in [0.05, 0.1) is 0 Å². The summed E-state index contributed by atoms with van der Waals surface area (Å²) in [6.45, 7) is 17.5. The van der Waals surface area contributed by atoms with Gasteiger partial charge in [0.1, 0.15) is 0 Å². The number of hydrogen-bond acceptors (Lipinski definition) is 1. The van der Waals surface area contributed by atoms with Gasteiger partial charge < -0.3 is 5.32 Å². The first-order valence-corrected chi connectivity index (χ1v) is 14.4. The molecule has 9 unspecified atom stereocenters. The van der Waals surface area contributed by atoms with Crippen LogP contribution in [0, 0.1) is 52.3 Å². The third-order valence-electron chi connectivity index (χ3n) is 11.4. The molecule has 0 heterocycles. The number of fused-ring (bicyclic) bond motifs is 5. The molecule has 182 valence electrons. The molecular weight excluding hydrogens is 374 g/mol. The minimum absolute atomic E-state index is 0. The monoisotopic (exact) mass is 431 g/mol. The Morgan fingerprint density at radius 3 is 2.23 bits per heavy atom. The summed E-state index contributed by atoms with van der Waals surface area (Å²) in [6.07, 6.45) is 18.0. The minimum atomic E-state index is 0. The van der Waals surface area contributed by atoms with E-state index < -0.39 is 0 Å². The van der Waals surface area contributed by atoms with Crippen molar-refractivity contribution in [2.75, 3.05) is 0 Å². The van der Waals surface area contributed by atoms with Crippen molar-refractivity contribution in [1.82, 2.24) is 5.32 Å². The van der Waals surface area contributed by atoms with Crippen LogP contribution in [-0.4, -0.2) is 12.1 Å². The van der Waals surface area contributed by atoms with Gasteiger partial charge in [-0.15, -0.1) is 0 Å². The molecule has 0 saturated heterocycles. The molecule has 0 amide bonds. The maximum Gasteiger partial charge on any atom is 0.00724 e. The predicted octanol–water partition coefficient (Wildman–Crippen LogP) is 8.72. The molecule has 0 bridgehead atoms. The van der Waals surface area contributed by atoms with E-state index >= 15 is 0 Å². The zero-order valence-corrected chi connectivity index (χ0v) is 22.2. The Kier molecular flexibility index (Phi) is 7.23. The number of hydrogen-bond donors (Lipinski definition) is 1. The average molecular weight is 432 g/mol. The fraction of sp³-hybridized carbons (Fsp3) is 1.00. The van der Waals surface area contributed by atoms with Crippen LogP contribution in [-0.2, 0) is 0 Å². The second-order valence-electron chi connectivity index (χ2n) is 14.0. The molecule has 0 radical (unpaired) electrons. The van der Waals surface area contributed by atoms with Crippen molar-refractivity contribution < 1.29 is 1.43 Å². The summed E-state index contributed by atoms with van der Waals surface area (Å²) >= 11 is 0. The molecule has 4 rings (SSSR count). The lowest BCUT2D eigenvalue weighted by Crippen LogP contribution is -2.55. The lowest BCUT2D eigenvalue weighted by atomic mass is 9.44. The largest absolute Gasteiger partial charge is 0.312 e. The van der Waals surface area contributed by atoms with Crippen LogP contribution in [0.4, 0.5) is 0 Å². The molecular formula is C30H57N. The fourth-order valence-electron chi connectivity index (χ4n) is 9.91. The molecule has 31 heavy (non-hydrogen) atoms. The van der Waals surface area contributed by atoms with E-state index in [0.717, 1.165) is 47.5 Å². The molecule has 9 atom stereocenters. The Bertz CT molecular complexity index is 602. The van der Waals surface area contributed by atoms with Crippen molar-refractivity contribution in [1.29, 1.82) is 0 Å². The van der Waals surface area contributed by atoms with Crippen LogP contribution in [0.3, 0.4) is 0 Å². The molecule has 1 nitrogen and oxygen atoms in total. The molecule has 4 aliphatic carbocycles. The van der Waals surface area contributed by atoms with Gasteiger partial charge in [-0.2, -0.15) is 0 Å². The third kappa shape index (κ3) is 4.52. The second-order valence-corrected chi connectivity index (χ2v) is 14.0. The first-order valence-electron chi connectivity index (χ1n) is 14.4. The number of rotatable bonds is 7. The van der Waals surface area contributed by atoms with Crippen molar-refractivity contribution in [3.05, 3.63) is 0 Å². The zero-order chi connectivity index (χ0) is 22.4. The van der Waals surface area contributed by atoms with Gasteiger partial charge in [0.15, 0.2) is 0 Å². The highest BCUT2D eigenvalue weighted by molar-refractivity contribution is 5.10. The Balaban J connectivity index is 0.00000289. The van der Waals surface area contributed by atoms with Gasteiger partial charge in [0, 0.05) is 13.5 Å². The first kappa shape index (κ1) is 24.1. The minimum Gasteiger partial charge on any atom is -0.312 e. The van der Waals surface area contributed by atoms with E-state index in [9.17, 15) is 0 Å². The summed E-state index contributed by atoms with van der Waals surface area (Å²) in [6, 6.07) is 1.42. The van der Waals surface area contributed by atoms with Gasteiger partial charge in [-0.05, 0) is 110 Å². The van der Waals surface area contributed by atoms with Crippen LogP contribution >= 0.6 is 0 Å². The van der Waals surface area contributed by atoms with Crippen LogP contribution in [0.1, 0.15) is 127 Å². The summed E-state index contributed by atoms with van der Waals surface area (Å²) in [5.74, 6) is 6.90. The maximum atomic E-state index is 3.89.